The molecule has 0 aliphatic carbocycles. The molecule has 0 bridgehead atoms. The Bertz CT molecular complexity index is 578. The third-order valence-electron chi connectivity index (χ3n) is 3.23. The molecule has 2 N–H and O–H groups in total. The first-order valence-electron chi connectivity index (χ1n) is 7.53. The maximum absolute atomic E-state index is 12.5. The van der Waals surface area contributed by atoms with Crippen molar-refractivity contribution >= 4 is 16.8 Å². The van der Waals surface area contributed by atoms with Gasteiger partial charge < -0.3 is 10.6 Å². The Balaban J connectivity index is 2.46. The zero-order valence-electron chi connectivity index (χ0n) is 14.3. The molecule has 0 aliphatic heterocycles. The summed E-state index contributed by atoms with van der Waals surface area (Å²) in [7, 11) is 0.641. The highest BCUT2D eigenvalue weighted by Gasteiger charge is 2.29. The Morgan fingerprint density at radius 1 is 1.12 bits per heavy atom. The van der Waals surface area contributed by atoms with Crippen LogP contribution >= 0.6 is 0 Å². The number of alkyl halides is 3. The molecule has 1 unspecified atom stereocenters. The van der Waals surface area contributed by atoms with Crippen LogP contribution in [0.4, 0.5) is 13.2 Å². The smallest absolute Gasteiger partial charge is 0.355 e. The van der Waals surface area contributed by atoms with Crippen LogP contribution in [0.5, 0.6) is 0 Å². The number of nitrogens with one attached hydrogen (secondary N) is 2. The highest BCUT2D eigenvalue weighted by molar-refractivity contribution is 7.86. The second-order valence-electron chi connectivity index (χ2n) is 6.21. The van der Waals surface area contributed by atoms with Gasteiger partial charge in [-0.05, 0) is 38.5 Å². The molecule has 0 spiro atoms. The summed E-state index contributed by atoms with van der Waals surface area (Å²) in [5.74, 6) is 1.01. The van der Waals surface area contributed by atoms with Crippen molar-refractivity contribution in [3.05, 3.63) is 35.4 Å². The normalized spacial score (nSPS) is 14.4. The summed E-state index contributed by atoms with van der Waals surface area (Å²) in [5.41, 5.74) is 0.0441. The van der Waals surface area contributed by atoms with Gasteiger partial charge in [-0.15, -0.1) is 0 Å². The van der Waals surface area contributed by atoms with Crippen LogP contribution in [0.2, 0.25) is 0 Å². The summed E-state index contributed by atoms with van der Waals surface area (Å²) in [5, 5.41) is 6.06. The molecule has 0 heterocycles. The summed E-state index contributed by atoms with van der Waals surface area (Å²) in [4.78, 5) is 4.03. The van der Waals surface area contributed by atoms with Gasteiger partial charge in [0.15, 0.2) is 5.96 Å². The van der Waals surface area contributed by atoms with E-state index >= 15 is 0 Å². The first-order valence-corrected chi connectivity index (χ1v) is 8.85. The van der Waals surface area contributed by atoms with Crippen molar-refractivity contribution in [2.45, 2.75) is 38.2 Å². The van der Waals surface area contributed by atoms with Crippen molar-refractivity contribution in [3.8, 4) is 0 Å². The predicted molar refractivity (Wildman–Crippen MR) is 92.4 cm³/mol. The predicted octanol–water partition coefficient (Wildman–Crippen LogP) is 2.92. The number of aliphatic imine (C=N–C) groups is 1. The van der Waals surface area contributed by atoms with Gasteiger partial charge in [-0.3, -0.25) is 9.20 Å². The standard InChI is InChI=1S/C16H24F3N3OS/c1-15(2,3)24(23)10-9-21-14(20-4)22-11-12-5-7-13(8-6-12)16(17,18)19/h5-8H,9-11H2,1-4H3,(H2,20,21,22). The van der Waals surface area contributed by atoms with Crippen LogP contribution in [0.1, 0.15) is 31.9 Å². The van der Waals surface area contributed by atoms with Crippen LogP contribution in [0.15, 0.2) is 29.3 Å². The summed E-state index contributed by atoms with van der Waals surface area (Å²) >= 11 is 0. The van der Waals surface area contributed by atoms with Gasteiger partial charge >= 0.3 is 6.18 Å². The van der Waals surface area contributed by atoms with Crippen molar-refractivity contribution < 1.29 is 17.4 Å². The van der Waals surface area contributed by atoms with Crippen molar-refractivity contribution in [1.82, 2.24) is 10.6 Å². The summed E-state index contributed by atoms with van der Waals surface area (Å²) in [6, 6.07) is 4.97. The highest BCUT2D eigenvalue weighted by atomic mass is 32.2. The average molecular weight is 363 g/mol. The molecule has 136 valence electrons. The van der Waals surface area contributed by atoms with Gasteiger partial charge in [0.25, 0.3) is 0 Å². The Morgan fingerprint density at radius 3 is 2.17 bits per heavy atom. The van der Waals surface area contributed by atoms with Crippen LogP contribution in [-0.2, 0) is 23.5 Å². The second-order valence-corrected chi connectivity index (χ2v) is 8.53. The Hall–Kier alpha value is -1.57. The van der Waals surface area contributed by atoms with E-state index in [4.69, 9.17) is 0 Å². The number of rotatable bonds is 5. The third-order valence-corrected chi connectivity index (χ3v) is 5.17. The molecule has 4 nitrogen and oxygen atoms in total. The van der Waals surface area contributed by atoms with Gasteiger partial charge in [0, 0.05) is 41.4 Å². The number of benzene rings is 1. The molecule has 0 fully saturated rings. The molecule has 0 aliphatic rings. The molecule has 0 radical (unpaired) electrons. The fourth-order valence-corrected chi connectivity index (χ4v) is 2.69. The third kappa shape index (κ3) is 6.90. The van der Waals surface area contributed by atoms with Crippen molar-refractivity contribution in [3.63, 3.8) is 0 Å². The van der Waals surface area contributed by atoms with Gasteiger partial charge in [-0.25, -0.2) is 0 Å². The van der Waals surface area contributed by atoms with Gasteiger partial charge in [0.05, 0.1) is 5.56 Å². The fraction of sp³-hybridized carbons (Fsp3) is 0.562. The lowest BCUT2D eigenvalue weighted by Gasteiger charge is -2.18. The van der Waals surface area contributed by atoms with E-state index in [1.165, 1.54) is 12.1 Å². The molecule has 1 atom stereocenters. The number of hydrogen-bond donors (Lipinski definition) is 2. The molecule has 1 aromatic carbocycles. The number of guanidine groups is 1. The Labute approximate surface area is 143 Å². The lowest BCUT2D eigenvalue weighted by atomic mass is 10.1. The van der Waals surface area contributed by atoms with Gasteiger partial charge in [-0.1, -0.05) is 12.1 Å². The lowest BCUT2D eigenvalue weighted by Crippen LogP contribution is -2.40. The van der Waals surface area contributed by atoms with E-state index in [0.29, 0.717) is 30.4 Å². The summed E-state index contributed by atoms with van der Waals surface area (Å²) < 4.78 is 49.2. The van der Waals surface area contributed by atoms with Crippen LogP contribution in [0.3, 0.4) is 0 Å². The molecule has 1 aromatic rings. The highest BCUT2D eigenvalue weighted by Crippen LogP contribution is 2.28. The monoisotopic (exact) mass is 363 g/mol. The number of hydrogen-bond acceptors (Lipinski definition) is 2. The molecule has 0 saturated heterocycles. The van der Waals surface area contributed by atoms with E-state index in [1.54, 1.807) is 7.05 Å². The van der Waals surface area contributed by atoms with Gasteiger partial charge in [-0.2, -0.15) is 13.2 Å². The van der Waals surface area contributed by atoms with Crippen LogP contribution in [0, 0.1) is 0 Å². The number of halogens is 3. The van der Waals surface area contributed by atoms with E-state index in [1.807, 2.05) is 20.8 Å². The molecular weight excluding hydrogens is 339 g/mol. The zero-order chi connectivity index (χ0) is 18.4. The van der Waals surface area contributed by atoms with Gasteiger partial charge in [0.2, 0.25) is 0 Å². The maximum atomic E-state index is 12.5. The van der Waals surface area contributed by atoms with E-state index in [2.05, 4.69) is 15.6 Å². The van der Waals surface area contributed by atoms with Crippen LogP contribution in [-0.4, -0.2) is 34.3 Å². The van der Waals surface area contributed by atoms with Crippen LogP contribution in [0.25, 0.3) is 0 Å². The lowest BCUT2D eigenvalue weighted by molar-refractivity contribution is -0.137. The zero-order valence-corrected chi connectivity index (χ0v) is 15.1. The summed E-state index contributed by atoms with van der Waals surface area (Å²) in [6.07, 6.45) is -4.33. The first-order chi connectivity index (χ1) is 11.0. The minimum Gasteiger partial charge on any atom is -0.355 e. The SMILES string of the molecule is CN=C(NCCS(=O)C(C)(C)C)NCc1ccc(C(F)(F)F)cc1. The van der Waals surface area contributed by atoms with E-state index < -0.39 is 22.5 Å². The minimum atomic E-state index is -4.33. The molecular formula is C16H24F3N3OS. The minimum absolute atomic E-state index is 0.265. The first kappa shape index (κ1) is 20.5. The topological polar surface area (TPSA) is 53.5 Å². The quantitative estimate of drug-likeness (QED) is 0.625. The van der Waals surface area contributed by atoms with E-state index in [0.717, 1.165) is 12.1 Å². The van der Waals surface area contributed by atoms with Crippen LogP contribution < -0.4 is 10.6 Å². The molecule has 0 amide bonds. The van der Waals surface area contributed by atoms with Crippen molar-refractivity contribution in [2.75, 3.05) is 19.3 Å². The Kier molecular flexibility index (Phi) is 7.26. The average Bonchev–Trinajstić information content (AvgIpc) is 2.49. The molecule has 1 rings (SSSR count). The van der Waals surface area contributed by atoms with Crippen molar-refractivity contribution in [2.24, 2.45) is 4.99 Å². The molecule has 24 heavy (non-hydrogen) atoms. The summed E-state index contributed by atoms with van der Waals surface area (Å²) in [6.45, 7) is 6.60. The molecule has 0 saturated carbocycles. The van der Waals surface area contributed by atoms with Gasteiger partial charge in [0.1, 0.15) is 0 Å². The fourth-order valence-electron chi connectivity index (χ4n) is 1.79. The van der Waals surface area contributed by atoms with E-state index in [-0.39, 0.29) is 4.75 Å². The largest absolute Gasteiger partial charge is 0.416 e. The molecule has 8 heteroatoms. The number of nitrogens with zero attached hydrogens (tertiary/aromatic N) is 1. The second kappa shape index (κ2) is 8.50. The Morgan fingerprint density at radius 2 is 1.71 bits per heavy atom. The maximum Gasteiger partial charge on any atom is 0.416 e. The van der Waals surface area contributed by atoms with E-state index in [9.17, 15) is 17.4 Å². The molecule has 0 aromatic heterocycles. The van der Waals surface area contributed by atoms with Crippen molar-refractivity contribution in [1.29, 1.82) is 0 Å².